The van der Waals surface area contributed by atoms with Crippen molar-refractivity contribution in [2.45, 2.75) is 51.5 Å². The van der Waals surface area contributed by atoms with Crippen LogP contribution in [-0.4, -0.2) is 23.8 Å². The van der Waals surface area contributed by atoms with E-state index in [1.807, 2.05) is 6.07 Å². The summed E-state index contributed by atoms with van der Waals surface area (Å²) >= 11 is 7.31. The molecular weight excluding hydrogens is 430 g/mol. The topological polar surface area (TPSA) is 75.0 Å². The number of aromatic nitrogens is 1. The number of hydrogen-bond acceptors (Lipinski definition) is 5. The Morgan fingerprint density at radius 2 is 2.19 bits per heavy atom. The molecule has 1 N–H and O–H groups in total. The van der Waals surface area contributed by atoms with E-state index in [9.17, 15) is 10.1 Å². The number of fused-ring (bicyclic) bond motifs is 1. The molecule has 0 radical (unpaired) electrons. The lowest BCUT2D eigenvalue weighted by molar-refractivity contribution is -0.113. The summed E-state index contributed by atoms with van der Waals surface area (Å²) in [6.07, 6.45) is 4.10. The van der Waals surface area contributed by atoms with Crippen molar-refractivity contribution in [3.05, 3.63) is 46.1 Å². The number of carbonyl (C=O) groups is 1. The summed E-state index contributed by atoms with van der Waals surface area (Å²) in [4.78, 5) is 17.3. The van der Waals surface area contributed by atoms with Crippen molar-refractivity contribution in [1.82, 2.24) is 4.98 Å². The number of benzene rings is 1. The van der Waals surface area contributed by atoms with Gasteiger partial charge in [0, 0.05) is 10.7 Å². The van der Waals surface area contributed by atoms with Crippen LogP contribution in [0.2, 0.25) is 5.02 Å². The number of halogens is 1. The minimum Gasteiger partial charge on any atom is -0.495 e. The van der Waals surface area contributed by atoms with Crippen molar-refractivity contribution in [2.75, 3.05) is 18.2 Å². The summed E-state index contributed by atoms with van der Waals surface area (Å²) in [5.74, 6) is 1.06. The highest BCUT2D eigenvalue weighted by Gasteiger charge is 2.32. The third kappa shape index (κ3) is 5.53. The molecular formula is C24H28ClN3O2S. The van der Waals surface area contributed by atoms with Gasteiger partial charge in [-0.1, -0.05) is 50.6 Å². The standard InChI is InChI=1S/C24H28ClN3O2S/c1-5-24(2,3)17-6-8-19-15(11-17)10-16(13-26)23(28-19)31-14-22(29)27-20-12-18(25)7-9-21(20)30-4/h7,9-10,12,17H,5-6,8,11,14H2,1-4H3,(H,27,29). The second-order valence-electron chi connectivity index (χ2n) is 8.52. The molecule has 7 heteroatoms. The van der Waals surface area contributed by atoms with Gasteiger partial charge in [0.25, 0.3) is 0 Å². The number of ether oxygens (including phenoxy) is 1. The minimum atomic E-state index is -0.210. The van der Waals surface area contributed by atoms with Gasteiger partial charge in [0.1, 0.15) is 16.8 Å². The van der Waals surface area contributed by atoms with E-state index in [1.165, 1.54) is 24.4 Å². The van der Waals surface area contributed by atoms with Gasteiger partial charge in [0.15, 0.2) is 0 Å². The van der Waals surface area contributed by atoms with Crippen LogP contribution in [0.1, 0.15) is 50.4 Å². The third-order valence-corrected chi connectivity index (χ3v) is 7.49. The smallest absolute Gasteiger partial charge is 0.234 e. The van der Waals surface area contributed by atoms with Crippen molar-refractivity contribution in [2.24, 2.45) is 11.3 Å². The number of rotatable bonds is 7. The highest BCUT2D eigenvalue weighted by molar-refractivity contribution is 8.00. The highest BCUT2D eigenvalue weighted by Crippen LogP contribution is 2.40. The number of anilines is 1. The summed E-state index contributed by atoms with van der Waals surface area (Å²) in [5.41, 5.74) is 3.56. The average molecular weight is 458 g/mol. The van der Waals surface area contributed by atoms with Gasteiger partial charge in [-0.2, -0.15) is 5.26 Å². The molecule has 0 saturated carbocycles. The number of nitrogens with one attached hydrogen (secondary N) is 1. The minimum absolute atomic E-state index is 0.141. The molecule has 164 valence electrons. The Kier molecular flexibility index (Phi) is 7.51. The second kappa shape index (κ2) is 9.93. The van der Waals surface area contributed by atoms with Crippen LogP contribution in [0.5, 0.6) is 5.75 Å². The van der Waals surface area contributed by atoms with Crippen LogP contribution < -0.4 is 10.1 Å². The van der Waals surface area contributed by atoms with Gasteiger partial charge < -0.3 is 10.1 Å². The number of nitrogens with zero attached hydrogens (tertiary/aromatic N) is 2. The lowest BCUT2D eigenvalue weighted by atomic mass is 9.69. The molecule has 1 aliphatic carbocycles. The maximum atomic E-state index is 12.5. The summed E-state index contributed by atoms with van der Waals surface area (Å²) in [5, 5.41) is 13.6. The number of nitriles is 1. The van der Waals surface area contributed by atoms with E-state index in [0.717, 1.165) is 31.4 Å². The number of carbonyl (C=O) groups excluding carboxylic acids is 1. The van der Waals surface area contributed by atoms with Gasteiger partial charge in [0.2, 0.25) is 5.91 Å². The van der Waals surface area contributed by atoms with Crippen molar-refractivity contribution in [3.63, 3.8) is 0 Å². The van der Waals surface area contributed by atoms with Gasteiger partial charge in [-0.15, -0.1) is 0 Å². The molecule has 1 heterocycles. The molecule has 0 aliphatic heterocycles. The summed E-state index contributed by atoms with van der Waals surface area (Å²) < 4.78 is 5.27. The maximum absolute atomic E-state index is 12.5. The zero-order valence-corrected chi connectivity index (χ0v) is 20.0. The predicted molar refractivity (Wildman–Crippen MR) is 126 cm³/mol. The molecule has 0 spiro atoms. The van der Waals surface area contributed by atoms with Crippen molar-refractivity contribution in [1.29, 1.82) is 5.26 Å². The fourth-order valence-electron chi connectivity index (χ4n) is 3.89. The molecule has 1 aromatic carbocycles. The number of aryl methyl sites for hydroxylation is 1. The maximum Gasteiger partial charge on any atom is 0.234 e. The van der Waals surface area contributed by atoms with E-state index >= 15 is 0 Å². The molecule has 1 unspecified atom stereocenters. The lowest BCUT2D eigenvalue weighted by Crippen LogP contribution is -2.29. The van der Waals surface area contributed by atoms with Gasteiger partial charge >= 0.3 is 0 Å². The Bertz CT molecular complexity index is 1020. The van der Waals surface area contributed by atoms with Crippen molar-refractivity contribution >= 4 is 35.0 Å². The first-order valence-corrected chi connectivity index (χ1v) is 11.8. The second-order valence-corrected chi connectivity index (χ2v) is 9.92. The van der Waals surface area contributed by atoms with Gasteiger partial charge in [-0.05, 0) is 60.4 Å². The summed E-state index contributed by atoms with van der Waals surface area (Å²) in [7, 11) is 1.54. The molecule has 0 bridgehead atoms. The van der Waals surface area contributed by atoms with Crippen LogP contribution in [0, 0.1) is 22.7 Å². The van der Waals surface area contributed by atoms with E-state index < -0.39 is 0 Å². The molecule has 1 aromatic heterocycles. The normalized spacial score (nSPS) is 15.7. The van der Waals surface area contributed by atoms with Crippen molar-refractivity contribution < 1.29 is 9.53 Å². The number of hydrogen-bond donors (Lipinski definition) is 1. The Labute approximate surface area is 193 Å². The van der Waals surface area contributed by atoms with Crippen LogP contribution >= 0.6 is 23.4 Å². The summed E-state index contributed by atoms with van der Waals surface area (Å²) in [6.45, 7) is 6.87. The first-order chi connectivity index (χ1) is 14.8. The fourth-order valence-corrected chi connectivity index (χ4v) is 4.84. The molecule has 31 heavy (non-hydrogen) atoms. The van der Waals surface area contributed by atoms with E-state index in [-0.39, 0.29) is 17.1 Å². The van der Waals surface area contributed by atoms with Crippen LogP contribution in [0.15, 0.2) is 29.3 Å². The van der Waals surface area contributed by atoms with Crippen molar-refractivity contribution in [3.8, 4) is 11.8 Å². The van der Waals surface area contributed by atoms with Crippen LogP contribution in [0.25, 0.3) is 0 Å². The molecule has 1 aliphatic rings. The van der Waals surface area contributed by atoms with E-state index in [2.05, 4.69) is 32.2 Å². The fraction of sp³-hybridized carbons (Fsp3) is 0.458. The van der Waals surface area contributed by atoms with E-state index in [0.29, 0.717) is 33.0 Å². The number of thioether (sulfide) groups is 1. The molecule has 5 nitrogen and oxygen atoms in total. The number of amides is 1. The molecule has 0 fully saturated rings. The zero-order valence-electron chi connectivity index (χ0n) is 18.4. The SMILES string of the molecule is CCC(C)(C)C1CCc2nc(SCC(=O)Nc3cc(Cl)ccc3OC)c(C#N)cc2C1. The number of pyridine rings is 1. The lowest BCUT2D eigenvalue weighted by Gasteiger charge is -2.37. The Morgan fingerprint density at radius 1 is 1.42 bits per heavy atom. The molecule has 3 rings (SSSR count). The van der Waals surface area contributed by atoms with E-state index in [4.69, 9.17) is 21.3 Å². The zero-order chi connectivity index (χ0) is 22.6. The number of methoxy groups -OCH3 is 1. The summed E-state index contributed by atoms with van der Waals surface area (Å²) in [6, 6.07) is 9.29. The van der Waals surface area contributed by atoms with Gasteiger partial charge in [-0.25, -0.2) is 4.98 Å². The monoisotopic (exact) mass is 457 g/mol. The Hall–Kier alpha value is -2.23. The third-order valence-electron chi connectivity index (χ3n) is 6.26. The van der Waals surface area contributed by atoms with Crippen LogP contribution in [0.4, 0.5) is 5.69 Å². The Balaban J connectivity index is 1.71. The Morgan fingerprint density at radius 3 is 2.87 bits per heavy atom. The largest absolute Gasteiger partial charge is 0.495 e. The molecule has 2 aromatic rings. The molecule has 0 saturated heterocycles. The predicted octanol–water partition coefficient (Wildman–Crippen LogP) is 5.89. The average Bonchev–Trinajstić information content (AvgIpc) is 2.76. The molecule has 1 atom stereocenters. The molecule has 1 amide bonds. The van der Waals surface area contributed by atoms with Crippen LogP contribution in [-0.2, 0) is 17.6 Å². The quantitative estimate of drug-likeness (QED) is 0.525. The van der Waals surface area contributed by atoms with Gasteiger partial charge in [-0.3, -0.25) is 4.79 Å². The van der Waals surface area contributed by atoms with E-state index in [1.54, 1.807) is 18.2 Å². The first kappa shape index (κ1) is 23.4. The highest BCUT2D eigenvalue weighted by atomic mass is 35.5. The van der Waals surface area contributed by atoms with Crippen LogP contribution in [0.3, 0.4) is 0 Å². The van der Waals surface area contributed by atoms with Gasteiger partial charge in [0.05, 0.1) is 24.1 Å². The first-order valence-electron chi connectivity index (χ1n) is 10.5.